The molecule has 2 rings (SSSR count). The lowest BCUT2D eigenvalue weighted by Gasteiger charge is -2.29. The summed E-state index contributed by atoms with van der Waals surface area (Å²) in [4.78, 5) is 14.4. The standard InChI is InChI=1S/C18H29N3O2/c1-15(13-21-11-7-4-8-12-21)20-17(22)19-14-18(2,23)16-9-5-3-6-10-16/h3,5-6,9-10,15,23H,4,7-8,11-14H2,1-2H3,(H2,19,20,22). The zero-order chi connectivity index (χ0) is 16.7. The van der Waals surface area contributed by atoms with Crippen molar-refractivity contribution < 1.29 is 9.90 Å². The van der Waals surface area contributed by atoms with E-state index in [0.29, 0.717) is 0 Å². The Labute approximate surface area is 139 Å². The number of urea groups is 1. The van der Waals surface area contributed by atoms with E-state index in [4.69, 9.17) is 0 Å². The molecule has 1 saturated heterocycles. The highest BCUT2D eigenvalue weighted by Gasteiger charge is 2.24. The van der Waals surface area contributed by atoms with Gasteiger partial charge in [-0.25, -0.2) is 4.79 Å². The van der Waals surface area contributed by atoms with E-state index in [2.05, 4.69) is 15.5 Å². The maximum absolute atomic E-state index is 12.0. The molecule has 2 atom stereocenters. The van der Waals surface area contributed by atoms with Gasteiger partial charge in [0.05, 0.1) is 6.54 Å². The highest BCUT2D eigenvalue weighted by Crippen LogP contribution is 2.18. The molecule has 0 saturated carbocycles. The average molecular weight is 319 g/mol. The van der Waals surface area contributed by atoms with Crippen molar-refractivity contribution >= 4 is 6.03 Å². The molecule has 0 bridgehead atoms. The molecule has 128 valence electrons. The van der Waals surface area contributed by atoms with Crippen molar-refractivity contribution in [2.45, 2.75) is 44.8 Å². The first-order chi connectivity index (χ1) is 11.0. The second-order valence-corrected chi connectivity index (χ2v) is 6.73. The number of nitrogens with zero attached hydrogens (tertiary/aromatic N) is 1. The first-order valence-corrected chi connectivity index (χ1v) is 8.52. The van der Waals surface area contributed by atoms with Gasteiger partial charge in [0.2, 0.25) is 0 Å². The summed E-state index contributed by atoms with van der Waals surface area (Å²) in [5, 5.41) is 16.2. The van der Waals surface area contributed by atoms with E-state index in [1.807, 2.05) is 37.3 Å². The molecule has 1 fully saturated rings. The summed E-state index contributed by atoms with van der Waals surface area (Å²) in [6, 6.07) is 9.24. The second kappa shape index (κ2) is 8.31. The number of nitrogens with one attached hydrogen (secondary N) is 2. The van der Waals surface area contributed by atoms with Crippen molar-refractivity contribution in [2.75, 3.05) is 26.2 Å². The summed E-state index contributed by atoms with van der Waals surface area (Å²) in [6.45, 7) is 7.03. The van der Waals surface area contributed by atoms with E-state index < -0.39 is 5.60 Å². The quantitative estimate of drug-likeness (QED) is 0.752. The number of aliphatic hydroxyl groups is 1. The lowest BCUT2D eigenvalue weighted by Crippen LogP contribution is -2.49. The van der Waals surface area contributed by atoms with Gasteiger partial charge in [-0.2, -0.15) is 0 Å². The molecule has 23 heavy (non-hydrogen) atoms. The number of benzene rings is 1. The lowest BCUT2D eigenvalue weighted by molar-refractivity contribution is 0.0592. The van der Waals surface area contributed by atoms with Crippen LogP contribution in [0.15, 0.2) is 30.3 Å². The van der Waals surface area contributed by atoms with Crippen LogP contribution in [0.3, 0.4) is 0 Å². The highest BCUT2D eigenvalue weighted by molar-refractivity contribution is 5.74. The number of carbonyl (C=O) groups excluding carboxylic acids is 1. The number of likely N-dealkylation sites (tertiary alicyclic amines) is 1. The lowest BCUT2D eigenvalue weighted by atomic mass is 9.96. The van der Waals surface area contributed by atoms with E-state index in [-0.39, 0.29) is 18.6 Å². The molecule has 1 aromatic rings. The zero-order valence-corrected chi connectivity index (χ0v) is 14.2. The molecule has 1 aromatic carbocycles. The van der Waals surface area contributed by atoms with Gasteiger partial charge in [-0.1, -0.05) is 36.8 Å². The third kappa shape index (κ3) is 5.84. The topological polar surface area (TPSA) is 64.6 Å². The van der Waals surface area contributed by atoms with Crippen LogP contribution in [0.5, 0.6) is 0 Å². The maximum atomic E-state index is 12.0. The number of rotatable bonds is 6. The van der Waals surface area contributed by atoms with Crippen LogP contribution in [-0.2, 0) is 5.60 Å². The van der Waals surface area contributed by atoms with Gasteiger partial charge < -0.3 is 20.6 Å². The summed E-state index contributed by atoms with van der Waals surface area (Å²) in [5.74, 6) is 0. The van der Waals surface area contributed by atoms with Gasteiger partial charge in [-0.05, 0) is 45.3 Å². The van der Waals surface area contributed by atoms with Crippen LogP contribution in [-0.4, -0.2) is 48.3 Å². The van der Waals surface area contributed by atoms with Crippen molar-refractivity contribution in [1.29, 1.82) is 0 Å². The van der Waals surface area contributed by atoms with E-state index in [9.17, 15) is 9.90 Å². The average Bonchev–Trinajstić information content (AvgIpc) is 2.55. The molecular weight excluding hydrogens is 290 g/mol. The minimum absolute atomic E-state index is 0.0924. The molecular formula is C18H29N3O2. The predicted octanol–water partition coefficient (Wildman–Crippen LogP) is 2.07. The van der Waals surface area contributed by atoms with Gasteiger partial charge in [0.1, 0.15) is 5.60 Å². The minimum atomic E-state index is -1.07. The Morgan fingerprint density at radius 1 is 1.26 bits per heavy atom. The van der Waals surface area contributed by atoms with Crippen LogP contribution in [0.4, 0.5) is 4.79 Å². The minimum Gasteiger partial charge on any atom is -0.384 e. The van der Waals surface area contributed by atoms with Gasteiger partial charge in [0.15, 0.2) is 0 Å². The zero-order valence-electron chi connectivity index (χ0n) is 14.2. The molecule has 0 aliphatic carbocycles. The molecule has 5 nitrogen and oxygen atoms in total. The fourth-order valence-corrected chi connectivity index (χ4v) is 3.00. The second-order valence-electron chi connectivity index (χ2n) is 6.73. The highest BCUT2D eigenvalue weighted by atomic mass is 16.3. The summed E-state index contributed by atoms with van der Waals surface area (Å²) in [7, 11) is 0. The van der Waals surface area contributed by atoms with Crippen molar-refractivity contribution in [3.8, 4) is 0 Å². The van der Waals surface area contributed by atoms with Gasteiger partial charge in [0, 0.05) is 12.6 Å². The first-order valence-electron chi connectivity index (χ1n) is 8.52. The first kappa shape index (κ1) is 17.8. The fourth-order valence-electron chi connectivity index (χ4n) is 3.00. The summed E-state index contributed by atoms with van der Waals surface area (Å²) in [5.41, 5.74) is -0.281. The third-order valence-corrected chi connectivity index (χ3v) is 4.35. The van der Waals surface area contributed by atoms with E-state index in [1.165, 1.54) is 19.3 Å². The molecule has 2 unspecified atom stereocenters. The summed E-state index contributed by atoms with van der Waals surface area (Å²) in [6.07, 6.45) is 3.81. The Morgan fingerprint density at radius 2 is 1.91 bits per heavy atom. The number of amides is 2. The van der Waals surface area contributed by atoms with Crippen LogP contribution >= 0.6 is 0 Å². The van der Waals surface area contributed by atoms with E-state index in [1.54, 1.807) is 6.92 Å². The molecule has 1 aliphatic rings. The summed E-state index contributed by atoms with van der Waals surface area (Å²) >= 11 is 0. The molecule has 1 heterocycles. The molecule has 0 aromatic heterocycles. The summed E-state index contributed by atoms with van der Waals surface area (Å²) < 4.78 is 0. The Kier molecular flexibility index (Phi) is 6.42. The SMILES string of the molecule is CC(CN1CCCCC1)NC(=O)NCC(C)(O)c1ccccc1. The van der Waals surface area contributed by atoms with Crippen LogP contribution in [0, 0.1) is 0 Å². The van der Waals surface area contributed by atoms with Crippen LogP contribution in [0.2, 0.25) is 0 Å². The van der Waals surface area contributed by atoms with Crippen molar-refractivity contribution in [3.05, 3.63) is 35.9 Å². The Morgan fingerprint density at radius 3 is 2.57 bits per heavy atom. The number of piperidine rings is 1. The molecule has 3 N–H and O–H groups in total. The Bertz CT molecular complexity index is 484. The van der Waals surface area contributed by atoms with Gasteiger partial charge in [0.25, 0.3) is 0 Å². The third-order valence-electron chi connectivity index (χ3n) is 4.35. The number of hydrogen-bond donors (Lipinski definition) is 3. The predicted molar refractivity (Wildman–Crippen MR) is 92.3 cm³/mol. The van der Waals surface area contributed by atoms with Gasteiger partial charge in [-0.15, -0.1) is 0 Å². The van der Waals surface area contributed by atoms with Gasteiger partial charge >= 0.3 is 6.03 Å². The molecule has 2 amide bonds. The Balaban J connectivity index is 1.73. The number of carbonyl (C=O) groups is 1. The fraction of sp³-hybridized carbons (Fsp3) is 0.611. The maximum Gasteiger partial charge on any atom is 0.315 e. The smallest absolute Gasteiger partial charge is 0.315 e. The molecule has 0 radical (unpaired) electrons. The van der Waals surface area contributed by atoms with Crippen LogP contribution in [0.25, 0.3) is 0 Å². The Hall–Kier alpha value is -1.59. The van der Waals surface area contributed by atoms with E-state index >= 15 is 0 Å². The van der Waals surface area contributed by atoms with Crippen LogP contribution in [0.1, 0.15) is 38.7 Å². The largest absolute Gasteiger partial charge is 0.384 e. The molecule has 0 spiro atoms. The molecule has 5 heteroatoms. The monoisotopic (exact) mass is 319 g/mol. The molecule has 1 aliphatic heterocycles. The van der Waals surface area contributed by atoms with Crippen molar-refractivity contribution in [3.63, 3.8) is 0 Å². The van der Waals surface area contributed by atoms with Crippen molar-refractivity contribution in [2.24, 2.45) is 0 Å². The van der Waals surface area contributed by atoms with E-state index in [0.717, 1.165) is 25.2 Å². The van der Waals surface area contributed by atoms with Crippen molar-refractivity contribution in [1.82, 2.24) is 15.5 Å². The number of hydrogen-bond acceptors (Lipinski definition) is 3. The van der Waals surface area contributed by atoms with Crippen LogP contribution < -0.4 is 10.6 Å². The normalized spacial score (nSPS) is 19.6. The van der Waals surface area contributed by atoms with Gasteiger partial charge in [-0.3, -0.25) is 0 Å².